The standard InChI is InChI=1S/C20H25N3O3S/c1-13-3-4-14(2)19(11-13)27(25,26)23-17-9-7-16(8-10-17)20(24)22-12-18(21)15-5-6-15/h3-4,7-11,15,18,23H,5-6,12,21H2,1-2H3,(H,22,24). The molecule has 1 atom stereocenters. The Hall–Kier alpha value is -2.38. The lowest BCUT2D eigenvalue weighted by molar-refractivity contribution is 0.0950. The molecule has 1 aliphatic rings. The summed E-state index contributed by atoms with van der Waals surface area (Å²) >= 11 is 0. The van der Waals surface area contributed by atoms with E-state index < -0.39 is 10.0 Å². The lowest BCUT2D eigenvalue weighted by Gasteiger charge is -2.13. The third kappa shape index (κ3) is 4.87. The van der Waals surface area contributed by atoms with Crippen LogP contribution >= 0.6 is 0 Å². The van der Waals surface area contributed by atoms with Crippen LogP contribution < -0.4 is 15.8 Å². The number of benzene rings is 2. The lowest BCUT2D eigenvalue weighted by atomic mass is 10.1. The van der Waals surface area contributed by atoms with Crippen molar-refractivity contribution in [2.75, 3.05) is 11.3 Å². The fourth-order valence-corrected chi connectivity index (χ4v) is 4.29. The van der Waals surface area contributed by atoms with Gasteiger partial charge in [0, 0.05) is 23.8 Å². The number of anilines is 1. The topological polar surface area (TPSA) is 101 Å². The molecule has 0 aromatic heterocycles. The molecule has 0 heterocycles. The van der Waals surface area contributed by atoms with Crippen molar-refractivity contribution >= 4 is 21.6 Å². The Labute approximate surface area is 160 Å². The van der Waals surface area contributed by atoms with Crippen molar-refractivity contribution in [2.45, 2.75) is 37.6 Å². The van der Waals surface area contributed by atoms with Crippen LogP contribution in [-0.2, 0) is 10.0 Å². The monoisotopic (exact) mass is 387 g/mol. The maximum absolute atomic E-state index is 12.6. The van der Waals surface area contributed by atoms with Crippen LogP contribution in [0.2, 0.25) is 0 Å². The highest BCUT2D eigenvalue weighted by Gasteiger charge is 2.28. The summed E-state index contributed by atoms with van der Waals surface area (Å²) in [6, 6.07) is 11.6. The van der Waals surface area contributed by atoms with Crippen LogP contribution in [-0.4, -0.2) is 26.9 Å². The number of amides is 1. The molecule has 7 heteroatoms. The number of carbonyl (C=O) groups is 1. The molecule has 1 aliphatic carbocycles. The largest absolute Gasteiger partial charge is 0.350 e. The molecule has 1 amide bonds. The zero-order chi connectivity index (χ0) is 19.6. The SMILES string of the molecule is Cc1ccc(C)c(S(=O)(=O)Nc2ccc(C(=O)NCC(N)C3CC3)cc2)c1. The van der Waals surface area contributed by atoms with E-state index >= 15 is 0 Å². The molecule has 6 nitrogen and oxygen atoms in total. The van der Waals surface area contributed by atoms with Crippen molar-refractivity contribution in [3.8, 4) is 0 Å². The molecule has 3 rings (SSSR count). The average molecular weight is 388 g/mol. The normalized spacial score (nSPS) is 15.2. The molecule has 0 saturated heterocycles. The number of nitrogens with two attached hydrogens (primary N) is 1. The van der Waals surface area contributed by atoms with Crippen LogP contribution in [0.1, 0.15) is 34.3 Å². The van der Waals surface area contributed by atoms with Gasteiger partial charge >= 0.3 is 0 Å². The number of rotatable bonds is 7. The van der Waals surface area contributed by atoms with E-state index in [0.717, 1.165) is 18.4 Å². The van der Waals surface area contributed by atoms with Gasteiger partial charge in [-0.3, -0.25) is 9.52 Å². The Balaban J connectivity index is 1.66. The number of aryl methyl sites for hydroxylation is 2. The summed E-state index contributed by atoms with van der Waals surface area (Å²) in [6.07, 6.45) is 2.26. The third-order valence-corrected chi connectivity index (χ3v) is 6.28. The van der Waals surface area contributed by atoms with E-state index in [1.165, 1.54) is 0 Å². The first kappa shape index (κ1) is 19.4. The maximum Gasteiger partial charge on any atom is 0.262 e. The molecule has 2 aromatic carbocycles. The van der Waals surface area contributed by atoms with Crippen LogP contribution in [0.5, 0.6) is 0 Å². The molecule has 0 bridgehead atoms. The van der Waals surface area contributed by atoms with Crippen molar-refractivity contribution in [1.82, 2.24) is 5.32 Å². The Morgan fingerprint density at radius 1 is 1.15 bits per heavy atom. The molecule has 1 fully saturated rings. The first-order chi connectivity index (χ1) is 12.8. The number of nitrogens with one attached hydrogen (secondary N) is 2. The van der Waals surface area contributed by atoms with Crippen molar-refractivity contribution in [3.63, 3.8) is 0 Å². The van der Waals surface area contributed by atoms with Gasteiger partial charge < -0.3 is 11.1 Å². The minimum absolute atomic E-state index is 0.00222. The van der Waals surface area contributed by atoms with Crippen LogP contribution in [0.15, 0.2) is 47.4 Å². The van der Waals surface area contributed by atoms with Gasteiger partial charge in [0.25, 0.3) is 15.9 Å². The first-order valence-electron chi connectivity index (χ1n) is 9.00. The summed E-state index contributed by atoms with van der Waals surface area (Å²) in [5, 5.41) is 2.82. The quantitative estimate of drug-likeness (QED) is 0.679. The van der Waals surface area contributed by atoms with Gasteiger partial charge in [0.15, 0.2) is 0 Å². The van der Waals surface area contributed by atoms with E-state index in [9.17, 15) is 13.2 Å². The molecule has 2 aromatic rings. The molecule has 0 radical (unpaired) electrons. The number of hydrogen-bond acceptors (Lipinski definition) is 4. The summed E-state index contributed by atoms with van der Waals surface area (Å²) in [7, 11) is -3.69. The number of carbonyl (C=O) groups excluding carboxylic acids is 1. The molecule has 0 aliphatic heterocycles. The molecule has 4 N–H and O–H groups in total. The lowest BCUT2D eigenvalue weighted by Crippen LogP contribution is -2.38. The summed E-state index contributed by atoms with van der Waals surface area (Å²) in [4.78, 5) is 12.4. The molecule has 27 heavy (non-hydrogen) atoms. The van der Waals surface area contributed by atoms with E-state index in [-0.39, 0.29) is 16.8 Å². The average Bonchev–Trinajstić information content (AvgIpc) is 3.47. The molecular formula is C20H25N3O3S. The van der Waals surface area contributed by atoms with E-state index in [4.69, 9.17) is 5.73 Å². The predicted molar refractivity (Wildman–Crippen MR) is 106 cm³/mol. The first-order valence-corrected chi connectivity index (χ1v) is 10.5. The molecule has 0 spiro atoms. The number of hydrogen-bond donors (Lipinski definition) is 3. The third-order valence-electron chi connectivity index (χ3n) is 4.76. The molecule has 1 saturated carbocycles. The van der Waals surface area contributed by atoms with Gasteiger partial charge in [-0.25, -0.2) is 8.42 Å². The molecular weight excluding hydrogens is 362 g/mol. The van der Waals surface area contributed by atoms with Crippen molar-refractivity contribution in [3.05, 3.63) is 59.2 Å². The Morgan fingerprint density at radius 3 is 2.44 bits per heavy atom. The second-order valence-corrected chi connectivity index (χ2v) is 8.81. The highest BCUT2D eigenvalue weighted by molar-refractivity contribution is 7.92. The minimum Gasteiger partial charge on any atom is -0.350 e. The summed E-state index contributed by atoms with van der Waals surface area (Å²) in [5.41, 5.74) is 8.41. The Bertz CT molecular complexity index is 935. The number of sulfonamides is 1. The zero-order valence-electron chi connectivity index (χ0n) is 15.5. The van der Waals surface area contributed by atoms with Gasteiger partial charge in [0.2, 0.25) is 0 Å². The molecule has 1 unspecified atom stereocenters. The van der Waals surface area contributed by atoms with Crippen LogP contribution in [0.25, 0.3) is 0 Å². The summed E-state index contributed by atoms with van der Waals surface area (Å²) in [5.74, 6) is 0.308. The van der Waals surface area contributed by atoms with Gasteiger partial charge in [-0.05, 0) is 74.1 Å². The van der Waals surface area contributed by atoms with E-state index in [1.807, 2.05) is 13.0 Å². The van der Waals surface area contributed by atoms with Crippen molar-refractivity contribution < 1.29 is 13.2 Å². The zero-order valence-corrected chi connectivity index (χ0v) is 16.3. The smallest absolute Gasteiger partial charge is 0.262 e. The van der Waals surface area contributed by atoms with E-state index in [2.05, 4.69) is 10.0 Å². The van der Waals surface area contributed by atoms with E-state index in [0.29, 0.717) is 29.3 Å². The van der Waals surface area contributed by atoms with Gasteiger partial charge in [0.05, 0.1) is 4.90 Å². The van der Waals surface area contributed by atoms with Gasteiger partial charge in [-0.1, -0.05) is 12.1 Å². The fraction of sp³-hybridized carbons (Fsp3) is 0.350. The summed E-state index contributed by atoms with van der Waals surface area (Å²) in [6.45, 7) is 4.05. The van der Waals surface area contributed by atoms with Crippen LogP contribution in [0.3, 0.4) is 0 Å². The van der Waals surface area contributed by atoms with E-state index in [1.54, 1.807) is 43.3 Å². The van der Waals surface area contributed by atoms with Crippen LogP contribution in [0, 0.1) is 19.8 Å². The highest BCUT2D eigenvalue weighted by atomic mass is 32.2. The van der Waals surface area contributed by atoms with Gasteiger partial charge in [-0.15, -0.1) is 0 Å². The summed E-state index contributed by atoms with van der Waals surface area (Å²) < 4.78 is 27.8. The van der Waals surface area contributed by atoms with Crippen LogP contribution in [0.4, 0.5) is 5.69 Å². The van der Waals surface area contributed by atoms with Crippen molar-refractivity contribution in [1.29, 1.82) is 0 Å². The van der Waals surface area contributed by atoms with Crippen molar-refractivity contribution in [2.24, 2.45) is 11.7 Å². The second-order valence-electron chi connectivity index (χ2n) is 7.16. The molecule has 144 valence electrons. The second kappa shape index (κ2) is 7.70. The predicted octanol–water partition coefficient (Wildman–Crippen LogP) is 2.57. The maximum atomic E-state index is 12.6. The Morgan fingerprint density at radius 2 is 1.81 bits per heavy atom. The van der Waals surface area contributed by atoms with Gasteiger partial charge in [0.1, 0.15) is 0 Å². The minimum atomic E-state index is -3.69. The fourth-order valence-electron chi connectivity index (χ4n) is 2.90. The highest BCUT2D eigenvalue weighted by Crippen LogP contribution is 2.31. The van der Waals surface area contributed by atoms with Gasteiger partial charge in [-0.2, -0.15) is 0 Å². The Kier molecular flexibility index (Phi) is 5.53.